The van der Waals surface area contributed by atoms with Crippen LogP contribution in [0.4, 0.5) is 4.39 Å². The molecule has 1 aromatic carbocycles. The van der Waals surface area contributed by atoms with E-state index in [-0.39, 0.29) is 11.9 Å². The van der Waals surface area contributed by atoms with Gasteiger partial charge in [0.25, 0.3) is 5.91 Å². The van der Waals surface area contributed by atoms with E-state index in [0.29, 0.717) is 23.0 Å². The third-order valence-corrected chi connectivity index (χ3v) is 2.75. The van der Waals surface area contributed by atoms with Gasteiger partial charge in [0, 0.05) is 17.1 Å². The second-order valence-electron chi connectivity index (χ2n) is 3.65. The zero-order valence-corrected chi connectivity index (χ0v) is 10.6. The Morgan fingerprint density at radius 2 is 2.31 bits per heavy atom. The molecule has 0 heterocycles. The Kier molecular flexibility index (Phi) is 4.89. The molecule has 0 aliphatic carbocycles. The Labute approximate surface area is 102 Å². The minimum atomic E-state index is -0.430. The molecule has 3 nitrogen and oxygen atoms in total. The van der Waals surface area contributed by atoms with Crippen LogP contribution < -0.4 is 11.1 Å². The van der Waals surface area contributed by atoms with Gasteiger partial charge in [-0.3, -0.25) is 4.79 Å². The highest BCUT2D eigenvalue weighted by Crippen LogP contribution is 2.17. The van der Waals surface area contributed by atoms with E-state index < -0.39 is 5.82 Å². The van der Waals surface area contributed by atoms with E-state index in [1.54, 1.807) is 0 Å². The fourth-order valence-electron chi connectivity index (χ4n) is 1.18. The number of hydrogen-bond acceptors (Lipinski definition) is 2. The van der Waals surface area contributed by atoms with E-state index >= 15 is 0 Å². The summed E-state index contributed by atoms with van der Waals surface area (Å²) in [5.41, 5.74) is 5.85. The van der Waals surface area contributed by atoms with E-state index in [2.05, 4.69) is 21.2 Å². The Hall–Kier alpha value is -0.940. The lowest BCUT2D eigenvalue weighted by Gasteiger charge is -2.08. The van der Waals surface area contributed by atoms with Crippen LogP contribution >= 0.6 is 15.9 Å². The zero-order valence-electron chi connectivity index (χ0n) is 8.97. The van der Waals surface area contributed by atoms with Gasteiger partial charge in [-0.05, 0) is 47.5 Å². The van der Waals surface area contributed by atoms with E-state index in [1.807, 2.05) is 6.92 Å². The maximum absolute atomic E-state index is 12.9. The molecule has 88 valence electrons. The van der Waals surface area contributed by atoms with Crippen molar-refractivity contribution in [3.8, 4) is 0 Å². The molecule has 5 heteroatoms. The maximum Gasteiger partial charge on any atom is 0.252 e. The van der Waals surface area contributed by atoms with Crippen molar-refractivity contribution in [2.75, 3.05) is 6.54 Å². The summed E-state index contributed by atoms with van der Waals surface area (Å²) in [6.45, 7) is 2.35. The lowest BCUT2D eigenvalue weighted by atomic mass is 10.2. The number of nitrogens with one attached hydrogen (secondary N) is 1. The molecular weight excluding hydrogens is 275 g/mol. The molecule has 1 amide bonds. The standard InChI is InChI=1S/C11H14BrFN2O/c1-7(14)4-5-15-11(16)9-6-8(13)2-3-10(9)12/h2-3,6-7H,4-5,14H2,1H3,(H,15,16). The van der Waals surface area contributed by atoms with Crippen molar-refractivity contribution in [3.63, 3.8) is 0 Å². The zero-order chi connectivity index (χ0) is 12.1. The summed E-state index contributed by atoms with van der Waals surface area (Å²) in [6, 6.07) is 4.04. The summed E-state index contributed by atoms with van der Waals surface area (Å²) >= 11 is 3.20. The van der Waals surface area contributed by atoms with Crippen molar-refractivity contribution >= 4 is 21.8 Å². The molecule has 0 saturated carbocycles. The van der Waals surface area contributed by atoms with Crippen molar-refractivity contribution in [3.05, 3.63) is 34.1 Å². The molecule has 0 bridgehead atoms. The van der Waals surface area contributed by atoms with Gasteiger partial charge in [0.15, 0.2) is 0 Å². The Bertz CT molecular complexity index is 382. The maximum atomic E-state index is 12.9. The molecule has 1 aromatic rings. The average molecular weight is 289 g/mol. The molecule has 3 N–H and O–H groups in total. The van der Waals surface area contributed by atoms with Gasteiger partial charge in [0.2, 0.25) is 0 Å². The molecule has 16 heavy (non-hydrogen) atoms. The summed E-state index contributed by atoms with van der Waals surface area (Å²) < 4.78 is 13.5. The van der Waals surface area contributed by atoms with Crippen LogP contribution in [-0.4, -0.2) is 18.5 Å². The fraction of sp³-hybridized carbons (Fsp3) is 0.364. The lowest BCUT2D eigenvalue weighted by Crippen LogP contribution is -2.29. The topological polar surface area (TPSA) is 55.1 Å². The third kappa shape index (κ3) is 3.90. The predicted molar refractivity (Wildman–Crippen MR) is 64.7 cm³/mol. The Morgan fingerprint density at radius 3 is 2.94 bits per heavy atom. The SMILES string of the molecule is CC(N)CCNC(=O)c1cc(F)ccc1Br. The lowest BCUT2D eigenvalue weighted by molar-refractivity contribution is 0.0951. The largest absolute Gasteiger partial charge is 0.352 e. The molecule has 0 aliphatic rings. The second-order valence-corrected chi connectivity index (χ2v) is 4.50. The van der Waals surface area contributed by atoms with Gasteiger partial charge in [-0.2, -0.15) is 0 Å². The van der Waals surface area contributed by atoms with E-state index in [4.69, 9.17) is 5.73 Å². The van der Waals surface area contributed by atoms with Gasteiger partial charge in [0.05, 0.1) is 5.56 Å². The van der Waals surface area contributed by atoms with Crippen LogP contribution in [0.1, 0.15) is 23.7 Å². The molecule has 0 spiro atoms. The number of halogens is 2. The first-order valence-electron chi connectivity index (χ1n) is 4.99. The van der Waals surface area contributed by atoms with E-state index in [0.717, 1.165) is 0 Å². The molecule has 0 aliphatic heterocycles. The molecule has 1 unspecified atom stereocenters. The average Bonchev–Trinajstić information content (AvgIpc) is 2.21. The van der Waals surface area contributed by atoms with Gasteiger partial charge in [-0.25, -0.2) is 4.39 Å². The third-order valence-electron chi connectivity index (χ3n) is 2.06. The van der Waals surface area contributed by atoms with E-state index in [1.165, 1.54) is 18.2 Å². The predicted octanol–water partition coefficient (Wildman–Crippen LogP) is 2.06. The van der Waals surface area contributed by atoms with Crippen LogP contribution in [0.15, 0.2) is 22.7 Å². The quantitative estimate of drug-likeness (QED) is 0.891. The van der Waals surface area contributed by atoms with Gasteiger partial charge < -0.3 is 11.1 Å². The minimum absolute atomic E-state index is 0.0382. The van der Waals surface area contributed by atoms with Gasteiger partial charge in [0.1, 0.15) is 5.82 Å². The number of carbonyl (C=O) groups excluding carboxylic acids is 1. The van der Waals surface area contributed by atoms with Crippen molar-refractivity contribution in [1.29, 1.82) is 0 Å². The van der Waals surface area contributed by atoms with Crippen LogP contribution in [0.2, 0.25) is 0 Å². The first-order valence-corrected chi connectivity index (χ1v) is 5.79. The normalized spacial score (nSPS) is 12.2. The summed E-state index contributed by atoms with van der Waals surface area (Å²) in [5, 5.41) is 2.68. The van der Waals surface area contributed by atoms with Crippen molar-refractivity contribution in [2.45, 2.75) is 19.4 Å². The molecule has 1 atom stereocenters. The first-order chi connectivity index (χ1) is 7.50. The highest BCUT2D eigenvalue weighted by Gasteiger charge is 2.10. The Morgan fingerprint density at radius 1 is 1.62 bits per heavy atom. The number of amides is 1. The Balaban J connectivity index is 2.62. The van der Waals surface area contributed by atoms with Crippen LogP contribution in [0.5, 0.6) is 0 Å². The van der Waals surface area contributed by atoms with Crippen LogP contribution in [0.25, 0.3) is 0 Å². The molecular formula is C11H14BrFN2O. The van der Waals surface area contributed by atoms with Crippen molar-refractivity contribution in [1.82, 2.24) is 5.32 Å². The van der Waals surface area contributed by atoms with E-state index in [9.17, 15) is 9.18 Å². The monoisotopic (exact) mass is 288 g/mol. The molecule has 0 aromatic heterocycles. The number of hydrogen-bond donors (Lipinski definition) is 2. The molecule has 0 saturated heterocycles. The summed E-state index contributed by atoms with van der Waals surface area (Å²) in [4.78, 5) is 11.7. The summed E-state index contributed by atoms with van der Waals surface area (Å²) in [7, 11) is 0. The van der Waals surface area contributed by atoms with Crippen LogP contribution in [0.3, 0.4) is 0 Å². The highest BCUT2D eigenvalue weighted by molar-refractivity contribution is 9.10. The van der Waals surface area contributed by atoms with Crippen LogP contribution in [0, 0.1) is 5.82 Å². The molecule has 0 fully saturated rings. The number of nitrogens with two attached hydrogens (primary N) is 1. The van der Waals surface area contributed by atoms with Crippen molar-refractivity contribution < 1.29 is 9.18 Å². The summed E-state index contributed by atoms with van der Waals surface area (Å²) in [6.07, 6.45) is 0.693. The van der Waals surface area contributed by atoms with Gasteiger partial charge in [-0.15, -0.1) is 0 Å². The number of benzene rings is 1. The number of carbonyl (C=O) groups is 1. The number of rotatable bonds is 4. The summed E-state index contributed by atoms with van der Waals surface area (Å²) in [5.74, 6) is -0.729. The second kappa shape index (κ2) is 5.96. The minimum Gasteiger partial charge on any atom is -0.352 e. The highest BCUT2D eigenvalue weighted by atomic mass is 79.9. The van der Waals surface area contributed by atoms with Gasteiger partial charge >= 0.3 is 0 Å². The van der Waals surface area contributed by atoms with Crippen LogP contribution in [-0.2, 0) is 0 Å². The smallest absolute Gasteiger partial charge is 0.252 e. The van der Waals surface area contributed by atoms with Crippen molar-refractivity contribution in [2.24, 2.45) is 5.73 Å². The first kappa shape index (κ1) is 13.1. The fourth-order valence-corrected chi connectivity index (χ4v) is 1.61. The van der Waals surface area contributed by atoms with Gasteiger partial charge in [-0.1, -0.05) is 0 Å². The molecule has 0 radical (unpaired) electrons. The molecule has 1 rings (SSSR count).